The number of hydrogen-bond acceptors (Lipinski definition) is 5. The normalized spacial score (nSPS) is 11.1. The first-order chi connectivity index (χ1) is 15.5. The highest BCUT2D eigenvalue weighted by molar-refractivity contribution is 5.88. The number of benzene rings is 3. The number of rotatable bonds is 6. The lowest BCUT2D eigenvalue weighted by Gasteiger charge is -2.12. The highest BCUT2D eigenvalue weighted by Crippen LogP contribution is 2.32. The molecule has 0 aliphatic carbocycles. The molecule has 1 heterocycles. The largest absolute Gasteiger partial charge is 0.493 e. The van der Waals surface area contributed by atoms with E-state index >= 15 is 0 Å². The third kappa shape index (κ3) is 3.83. The van der Waals surface area contributed by atoms with Crippen LogP contribution in [-0.4, -0.2) is 34.8 Å². The van der Waals surface area contributed by atoms with Gasteiger partial charge in [-0.15, -0.1) is 0 Å². The van der Waals surface area contributed by atoms with E-state index in [9.17, 15) is 14.7 Å². The zero-order valence-electron chi connectivity index (χ0n) is 17.5. The van der Waals surface area contributed by atoms with Crippen molar-refractivity contribution < 1.29 is 19.4 Å². The Morgan fingerprint density at radius 3 is 2.38 bits per heavy atom. The van der Waals surface area contributed by atoms with Crippen LogP contribution in [0.2, 0.25) is 0 Å². The summed E-state index contributed by atoms with van der Waals surface area (Å²) in [5.74, 6) is 0.502. The number of aromatic carboxylic acids is 1. The van der Waals surface area contributed by atoms with E-state index < -0.39 is 5.97 Å². The van der Waals surface area contributed by atoms with Gasteiger partial charge in [0.15, 0.2) is 11.5 Å². The molecule has 0 atom stereocenters. The highest BCUT2D eigenvalue weighted by Gasteiger charge is 2.13. The first-order valence-corrected chi connectivity index (χ1v) is 9.78. The van der Waals surface area contributed by atoms with Crippen LogP contribution in [0.15, 0.2) is 71.5 Å². The van der Waals surface area contributed by atoms with Crippen LogP contribution in [0.3, 0.4) is 0 Å². The molecule has 0 saturated heterocycles. The summed E-state index contributed by atoms with van der Waals surface area (Å²) in [6.45, 7) is 0. The van der Waals surface area contributed by atoms with Crippen molar-refractivity contribution in [1.29, 1.82) is 0 Å². The van der Waals surface area contributed by atoms with Crippen molar-refractivity contribution in [3.05, 3.63) is 94.0 Å². The van der Waals surface area contributed by atoms with Gasteiger partial charge in [-0.25, -0.2) is 9.78 Å². The van der Waals surface area contributed by atoms with E-state index in [1.807, 2.05) is 18.2 Å². The summed E-state index contributed by atoms with van der Waals surface area (Å²) in [4.78, 5) is 29.2. The van der Waals surface area contributed by atoms with E-state index in [4.69, 9.17) is 9.47 Å². The van der Waals surface area contributed by atoms with E-state index in [1.54, 1.807) is 62.8 Å². The summed E-state index contributed by atoms with van der Waals surface area (Å²) >= 11 is 0. The SMILES string of the molecule is COc1cccc(/C=C/c2nc3ccccc3c(=O)n2-c2ccc(C(=O)O)cc2)c1OC. The molecule has 0 amide bonds. The molecule has 0 unspecified atom stereocenters. The van der Waals surface area contributed by atoms with E-state index in [0.29, 0.717) is 33.9 Å². The summed E-state index contributed by atoms with van der Waals surface area (Å²) in [5, 5.41) is 9.65. The third-order valence-corrected chi connectivity index (χ3v) is 5.02. The summed E-state index contributed by atoms with van der Waals surface area (Å²) in [7, 11) is 3.12. The number of para-hydroxylation sites is 2. The van der Waals surface area contributed by atoms with Gasteiger partial charge >= 0.3 is 5.97 Å². The first-order valence-electron chi connectivity index (χ1n) is 9.78. The number of carbonyl (C=O) groups is 1. The van der Waals surface area contributed by atoms with Crippen molar-refractivity contribution in [1.82, 2.24) is 9.55 Å². The third-order valence-electron chi connectivity index (χ3n) is 5.02. The molecule has 0 aliphatic heterocycles. The van der Waals surface area contributed by atoms with E-state index in [-0.39, 0.29) is 11.1 Å². The van der Waals surface area contributed by atoms with Crippen LogP contribution >= 0.6 is 0 Å². The lowest BCUT2D eigenvalue weighted by Crippen LogP contribution is -2.22. The van der Waals surface area contributed by atoms with Crippen molar-refractivity contribution >= 4 is 29.0 Å². The molecule has 0 aliphatic rings. The Morgan fingerprint density at radius 2 is 1.69 bits per heavy atom. The van der Waals surface area contributed by atoms with Crippen molar-refractivity contribution in [3.8, 4) is 17.2 Å². The van der Waals surface area contributed by atoms with Crippen LogP contribution in [0.1, 0.15) is 21.7 Å². The van der Waals surface area contributed by atoms with Crippen LogP contribution in [0.5, 0.6) is 11.5 Å². The Morgan fingerprint density at radius 1 is 0.938 bits per heavy atom. The fraction of sp³-hybridized carbons (Fsp3) is 0.0800. The molecule has 1 N–H and O–H groups in total. The Bertz CT molecular complexity index is 1390. The molecule has 0 fully saturated rings. The minimum absolute atomic E-state index is 0.133. The number of carboxylic acids is 1. The van der Waals surface area contributed by atoms with Crippen LogP contribution in [-0.2, 0) is 0 Å². The Balaban J connectivity index is 1.91. The molecule has 7 nitrogen and oxygen atoms in total. The van der Waals surface area contributed by atoms with Crippen molar-refractivity contribution in [2.45, 2.75) is 0 Å². The molecule has 7 heteroatoms. The molecular formula is C25H20N2O5. The molecule has 4 aromatic rings. The molecule has 160 valence electrons. The maximum absolute atomic E-state index is 13.3. The van der Waals surface area contributed by atoms with Gasteiger partial charge < -0.3 is 14.6 Å². The lowest BCUT2D eigenvalue weighted by molar-refractivity contribution is 0.0697. The van der Waals surface area contributed by atoms with E-state index in [1.165, 1.54) is 16.7 Å². The van der Waals surface area contributed by atoms with Crippen molar-refractivity contribution in [2.75, 3.05) is 14.2 Å². The fourth-order valence-corrected chi connectivity index (χ4v) is 3.47. The monoisotopic (exact) mass is 428 g/mol. The number of methoxy groups -OCH3 is 2. The zero-order chi connectivity index (χ0) is 22.7. The number of carboxylic acid groups (broad SMARTS) is 1. The molecule has 3 aromatic carbocycles. The predicted octanol–water partition coefficient (Wildman–Crippen LogP) is 4.27. The van der Waals surface area contributed by atoms with Crippen molar-refractivity contribution in [2.24, 2.45) is 0 Å². The molecular weight excluding hydrogens is 408 g/mol. The van der Waals surface area contributed by atoms with E-state index in [2.05, 4.69) is 4.98 Å². The van der Waals surface area contributed by atoms with E-state index in [0.717, 1.165) is 5.56 Å². The topological polar surface area (TPSA) is 90.7 Å². The van der Waals surface area contributed by atoms with Crippen LogP contribution in [0.4, 0.5) is 0 Å². The number of fused-ring (bicyclic) bond motifs is 1. The average Bonchev–Trinajstić information content (AvgIpc) is 2.82. The smallest absolute Gasteiger partial charge is 0.335 e. The van der Waals surface area contributed by atoms with Gasteiger partial charge in [-0.05, 0) is 54.6 Å². The first kappa shape index (κ1) is 20.9. The summed E-state index contributed by atoms with van der Waals surface area (Å²) in [5.41, 5.74) is 1.70. The summed E-state index contributed by atoms with van der Waals surface area (Å²) in [6.07, 6.45) is 3.51. The summed E-state index contributed by atoms with van der Waals surface area (Å²) < 4.78 is 12.3. The zero-order valence-corrected chi connectivity index (χ0v) is 17.5. The Kier molecular flexibility index (Phi) is 5.72. The van der Waals surface area contributed by atoms with Crippen LogP contribution in [0.25, 0.3) is 28.7 Å². The highest BCUT2D eigenvalue weighted by atomic mass is 16.5. The predicted molar refractivity (Wildman–Crippen MR) is 123 cm³/mol. The van der Waals surface area contributed by atoms with Gasteiger partial charge in [0.2, 0.25) is 0 Å². The van der Waals surface area contributed by atoms with Gasteiger partial charge in [0.1, 0.15) is 5.82 Å². The number of hydrogen-bond donors (Lipinski definition) is 1. The van der Waals surface area contributed by atoms with Gasteiger partial charge in [0, 0.05) is 5.56 Å². The second kappa shape index (κ2) is 8.77. The minimum atomic E-state index is -1.04. The molecule has 0 bridgehead atoms. The second-order valence-corrected chi connectivity index (χ2v) is 6.90. The molecule has 1 aromatic heterocycles. The molecule has 0 radical (unpaired) electrons. The lowest BCUT2D eigenvalue weighted by atomic mass is 10.1. The molecule has 32 heavy (non-hydrogen) atoms. The molecule has 4 rings (SSSR count). The Hall–Kier alpha value is -4.39. The maximum Gasteiger partial charge on any atom is 0.335 e. The van der Waals surface area contributed by atoms with Gasteiger partial charge in [-0.1, -0.05) is 24.3 Å². The van der Waals surface area contributed by atoms with Crippen LogP contribution < -0.4 is 15.0 Å². The molecule has 0 spiro atoms. The maximum atomic E-state index is 13.3. The fourth-order valence-electron chi connectivity index (χ4n) is 3.47. The van der Waals surface area contributed by atoms with Gasteiger partial charge in [0.25, 0.3) is 5.56 Å². The van der Waals surface area contributed by atoms with Crippen LogP contribution in [0, 0.1) is 0 Å². The standard InChI is InChI=1S/C25H20N2O5/c1-31-21-9-5-6-16(23(21)32-2)12-15-22-26-20-8-4-3-7-19(20)24(28)27(22)18-13-10-17(11-14-18)25(29)30/h3-15H,1-2H3,(H,29,30)/b15-12+. The van der Waals surface area contributed by atoms with Gasteiger partial charge in [-0.2, -0.15) is 0 Å². The quantitative estimate of drug-likeness (QED) is 0.493. The van der Waals surface area contributed by atoms with Gasteiger partial charge in [-0.3, -0.25) is 9.36 Å². The Labute approximate surface area is 183 Å². The molecule has 0 saturated carbocycles. The van der Waals surface area contributed by atoms with Gasteiger partial charge in [0.05, 0.1) is 36.4 Å². The summed E-state index contributed by atoms with van der Waals surface area (Å²) in [6, 6.07) is 18.7. The van der Waals surface area contributed by atoms with Crippen molar-refractivity contribution in [3.63, 3.8) is 0 Å². The number of ether oxygens (including phenoxy) is 2. The second-order valence-electron chi connectivity index (χ2n) is 6.90. The average molecular weight is 428 g/mol. The minimum Gasteiger partial charge on any atom is -0.493 e. The number of aromatic nitrogens is 2. The number of nitrogens with zero attached hydrogens (tertiary/aromatic N) is 2.